The van der Waals surface area contributed by atoms with E-state index in [0.717, 1.165) is 12.1 Å². The Kier molecular flexibility index (Phi) is 9.33. The molecule has 11 heteroatoms. The second-order valence-corrected chi connectivity index (χ2v) is 10.3. The van der Waals surface area contributed by atoms with Crippen LogP contribution in [0.25, 0.3) is 0 Å². The lowest BCUT2D eigenvalue weighted by molar-refractivity contribution is -0.137. The van der Waals surface area contributed by atoms with Crippen LogP contribution in [0.1, 0.15) is 46.3 Å². The number of aromatic hydroxyl groups is 2. The van der Waals surface area contributed by atoms with Crippen molar-refractivity contribution in [3.63, 3.8) is 0 Å². The minimum Gasteiger partial charge on any atom is -0.504 e. The van der Waals surface area contributed by atoms with Gasteiger partial charge in [0.25, 0.3) is 0 Å². The van der Waals surface area contributed by atoms with Gasteiger partial charge in [-0.1, -0.05) is 48.5 Å². The number of alkyl halides is 4. The van der Waals surface area contributed by atoms with Gasteiger partial charge in [0.2, 0.25) is 0 Å². The van der Waals surface area contributed by atoms with E-state index in [4.69, 9.17) is 0 Å². The molecule has 1 fully saturated rings. The standard InChI is InChI=1S/C30H32F4N2O5/c31-23(28(40)20-5-2-1-3-6-20)18-26(35-27(39)16-19-9-10-24(37)25(38)15-19)36-13-11-29(41,12-14-36)21-7-4-8-22(17-21)30(32,33)34/h1-10,15,17,23,26-27,35,37-39,41H,11-14,16,18H2. The number of halogens is 4. The van der Waals surface area contributed by atoms with Gasteiger partial charge in [-0.15, -0.1) is 0 Å². The van der Waals surface area contributed by atoms with Gasteiger partial charge in [0.1, 0.15) is 6.23 Å². The summed E-state index contributed by atoms with van der Waals surface area (Å²) in [6.07, 6.45) is -8.88. The SMILES string of the molecule is O=C(c1ccccc1)C(F)CC(NC(O)Cc1ccc(O)c(O)c1)N1CCC(O)(c2cccc(C(F)(F)F)c2)CC1. The summed E-state index contributed by atoms with van der Waals surface area (Å²) in [5.41, 5.74) is -1.61. The average Bonchev–Trinajstić information content (AvgIpc) is 2.94. The van der Waals surface area contributed by atoms with Crippen molar-refractivity contribution in [1.29, 1.82) is 0 Å². The van der Waals surface area contributed by atoms with Crippen LogP contribution in [0.4, 0.5) is 17.6 Å². The summed E-state index contributed by atoms with van der Waals surface area (Å²) in [4.78, 5) is 14.5. The monoisotopic (exact) mass is 576 g/mol. The van der Waals surface area contributed by atoms with Gasteiger partial charge < -0.3 is 20.4 Å². The number of phenols is 2. The number of hydrogen-bond donors (Lipinski definition) is 5. The number of carbonyl (C=O) groups excluding carboxylic acids is 1. The molecule has 5 N–H and O–H groups in total. The third-order valence-electron chi connectivity index (χ3n) is 7.42. The number of nitrogens with one attached hydrogen (secondary N) is 1. The van der Waals surface area contributed by atoms with Gasteiger partial charge in [0, 0.05) is 31.5 Å². The maximum atomic E-state index is 15.3. The Hall–Kier alpha value is -3.51. The Morgan fingerprint density at radius 3 is 2.27 bits per heavy atom. The highest BCUT2D eigenvalue weighted by Gasteiger charge is 2.39. The number of aliphatic hydroxyl groups is 2. The zero-order valence-electron chi connectivity index (χ0n) is 22.1. The maximum absolute atomic E-state index is 15.3. The highest BCUT2D eigenvalue weighted by molar-refractivity contribution is 5.99. The number of nitrogens with zero attached hydrogens (tertiary/aromatic N) is 1. The average molecular weight is 577 g/mol. The summed E-state index contributed by atoms with van der Waals surface area (Å²) < 4.78 is 55.1. The minimum absolute atomic E-state index is 0.0179. The number of phenolic OH excluding ortho intramolecular Hbond substituents is 2. The van der Waals surface area contributed by atoms with Crippen molar-refractivity contribution in [3.05, 3.63) is 95.1 Å². The van der Waals surface area contributed by atoms with Gasteiger partial charge in [0.05, 0.1) is 17.3 Å². The van der Waals surface area contributed by atoms with E-state index >= 15 is 4.39 Å². The van der Waals surface area contributed by atoms with Gasteiger partial charge in [-0.2, -0.15) is 13.2 Å². The van der Waals surface area contributed by atoms with Crippen LogP contribution in [-0.2, 0) is 18.2 Å². The van der Waals surface area contributed by atoms with E-state index in [1.54, 1.807) is 23.1 Å². The van der Waals surface area contributed by atoms with Crippen molar-refractivity contribution in [2.24, 2.45) is 0 Å². The highest BCUT2D eigenvalue weighted by atomic mass is 19.4. The molecular formula is C30H32F4N2O5. The molecule has 0 spiro atoms. The molecule has 41 heavy (non-hydrogen) atoms. The number of ketones is 1. The van der Waals surface area contributed by atoms with Crippen molar-refractivity contribution < 1.29 is 42.8 Å². The largest absolute Gasteiger partial charge is 0.504 e. The second-order valence-electron chi connectivity index (χ2n) is 10.3. The molecule has 0 radical (unpaired) electrons. The summed E-state index contributed by atoms with van der Waals surface area (Å²) in [6.45, 7) is 0.284. The third-order valence-corrected chi connectivity index (χ3v) is 7.42. The summed E-state index contributed by atoms with van der Waals surface area (Å²) in [7, 11) is 0. The predicted molar refractivity (Wildman–Crippen MR) is 143 cm³/mol. The van der Waals surface area contributed by atoms with Crippen LogP contribution in [0, 0.1) is 0 Å². The molecule has 1 saturated heterocycles. The molecule has 7 nitrogen and oxygen atoms in total. The number of likely N-dealkylation sites (tertiary alicyclic amines) is 1. The van der Waals surface area contributed by atoms with Crippen molar-refractivity contribution in [1.82, 2.24) is 10.2 Å². The number of Topliss-reactive ketones (excluding diaryl/α,β-unsaturated/α-hetero) is 1. The molecule has 3 aromatic carbocycles. The van der Waals surface area contributed by atoms with E-state index in [1.165, 1.54) is 42.5 Å². The molecule has 0 amide bonds. The molecule has 1 heterocycles. The number of aliphatic hydroxyl groups excluding tert-OH is 1. The predicted octanol–water partition coefficient (Wildman–Crippen LogP) is 4.49. The zero-order valence-corrected chi connectivity index (χ0v) is 22.1. The molecule has 1 aliphatic heterocycles. The fourth-order valence-corrected chi connectivity index (χ4v) is 5.09. The first-order chi connectivity index (χ1) is 19.4. The summed E-state index contributed by atoms with van der Waals surface area (Å²) in [6, 6.07) is 16.5. The van der Waals surface area contributed by atoms with Crippen molar-refractivity contribution >= 4 is 5.78 Å². The summed E-state index contributed by atoms with van der Waals surface area (Å²) in [5, 5.41) is 44.2. The number of piperidine rings is 1. The lowest BCUT2D eigenvalue weighted by atomic mass is 9.83. The Morgan fingerprint density at radius 1 is 0.951 bits per heavy atom. The van der Waals surface area contributed by atoms with Crippen molar-refractivity contribution in [2.75, 3.05) is 13.1 Å². The van der Waals surface area contributed by atoms with Crippen LogP contribution >= 0.6 is 0 Å². The molecule has 0 bridgehead atoms. The molecule has 3 aromatic rings. The van der Waals surface area contributed by atoms with Crippen molar-refractivity contribution in [3.8, 4) is 11.5 Å². The lowest BCUT2D eigenvalue weighted by Crippen LogP contribution is -2.56. The quantitative estimate of drug-likeness (QED) is 0.105. The topological polar surface area (TPSA) is 113 Å². The van der Waals surface area contributed by atoms with E-state index in [2.05, 4.69) is 5.32 Å². The Morgan fingerprint density at radius 2 is 1.63 bits per heavy atom. The van der Waals surface area contributed by atoms with E-state index in [0.29, 0.717) is 5.56 Å². The normalized spacial score (nSPS) is 18.0. The van der Waals surface area contributed by atoms with E-state index in [1.807, 2.05) is 0 Å². The van der Waals surface area contributed by atoms with Gasteiger partial charge in [0.15, 0.2) is 23.5 Å². The summed E-state index contributed by atoms with van der Waals surface area (Å²) >= 11 is 0. The third kappa shape index (κ3) is 7.62. The number of hydrogen-bond acceptors (Lipinski definition) is 7. The zero-order chi connectivity index (χ0) is 29.8. The Labute approximate surface area is 234 Å². The molecule has 4 rings (SSSR count). The second kappa shape index (κ2) is 12.6. The molecule has 1 aliphatic rings. The fraction of sp³-hybridized carbons (Fsp3) is 0.367. The molecule has 0 aliphatic carbocycles. The molecule has 3 unspecified atom stereocenters. The van der Waals surface area contributed by atoms with Crippen LogP contribution in [0.5, 0.6) is 11.5 Å². The van der Waals surface area contributed by atoms with Crippen LogP contribution in [-0.4, -0.2) is 62.8 Å². The first kappa shape index (κ1) is 30.4. The molecular weight excluding hydrogens is 544 g/mol. The van der Waals surface area contributed by atoms with Crippen molar-refractivity contribution in [2.45, 2.75) is 56.0 Å². The molecule has 220 valence electrons. The van der Waals surface area contributed by atoms with Gasteiger partial charge in [-0.3, -0.25) is 15.0 Å². The van der Waals surface area contributed by atoms with Crippen LogP contribution in [0.3, 0.4) is 0 Å². The van der Waals surface area contributed by atoms with Crippen LogP contribution < -0.4 is 5.32 Å². The minimum atomic E-state index is -4.56. The number of carbonyl (C=O) groups is 1. The number of rotatable bonds is 10. The van der Waals surface area contributed by atoms with E-state index in [9.17, 15) is 38.4 Å². The first-order valence-electron chi connectivity index (χ1n) is 13.2. The Balaban J connectivity index is 1.49. The molecule has 3 atom stereocenters. The van der Waals surface area contributed by atoms with Gasteiger partial charge in [-0.05, 0) is 48.2 Å². The molecule has 0 saturated carbocycles. The molecule has 0 aromatic heterocycles. The first-order valence-corrected chi connectivity index (χ1v) is 13.2. The summed E-state index contributed by atoms with van der Waals surface area (Å²) in [5.74, 6) is -1.42. The van der Waals surface area contributed by atoms with Crippen LogP contribution in [0.15, 0.2) is 72.8 Å². The highest BCUT2D eigenvalue weighted by Crippen LogP contribution is 2.37. The van der Waals surface area contributed by atoms with Gasteiger partial charge in [-0.25, -0.2) is 4.39 Å². The number of benzene rings is 3. The smallest absolute Gasteiger partial charge is 0.416 e. The van der Waals surface area contributed by atoms with Gasteiger partial charge >= 0.3 is 6.18 Å². The fourth-order valence-electron chi connectivity index (χ4n) is 5.09. The maximum Gasteiger partial charge on any atom is 0.416 e. The van der Waals surface area contributed by atoms with E-state index < -0.39 is 41.7 Å². The Bertz CT molecular complexity index is 1330. The van der Waals surface area contributed by atoms with Crippen LogP contribution in [0.2, 0.25) is 0 Å². The van der Waals surface area contributed by atoms with E-state index in [-0.39, 0.29) is 61.4 Å². The lowest BCUT2D eigenvalue weighted by Gasteiger charge is -2.43.